The molecule has 0 amide bonds. The van der Waals surface area contributed by atoms with Gasteiger partial charge in [0.1, 0.15) is 0 Å². The monoisotopic (exact) mass is 289 g/mol. The van der Waals surface area contributed by atoms with Gasteiger partial charge < -0.3 is 9.52 Å². The molecule has 21 heavy (non-hydrogen) atoms. The van der Waals surface area contributed by atoms with E-state index in [4.69, 9.17) is 4.42 Å². The van der Waals surface area contributed by atoms with Gasteiger partial charge in [0.2, 0.25) is 0 Å². The number of fused-ring (bicyclic) bond motifs is 1. The van der Waals surface area contributed by atoms with Crippen molar-refractivity contribution in [2.24, 2.45) is 5.92 Å². The van der Waals surface area contributed by atoms with Crippen LogP contribution in [0.4, 0.5) is 0 Å². The van der Waals surface area contributed by atoms with Gasteiger partial charge in [0.05, 0.1) is 11.6 Å². The normalized spacial score (nSPS) is 17.6. The van der Waals surface area contributed by atoms with Crippen LogP contribution in [0.15, 0.2) is 27.4 Å². The topological polar surface area (TPSA) is 55.4 Å². The van der Waals surface area contributed by atoms with Crippen molar-refractivity contribution in [1.29, 1.82) is 0 Å². The lowest BCUT2D eigenvalue weighted by atomic mass is 9.96. The van der Waals surface area contributed by atoms with Crippen molar-refractivity contribution in [3.63, 3.8) is 0 Å². The van der Waals surface area contributed by atoms with E-state index in [1.165, 1.54) is 25.7 Å². The van der Waals surface area contributed by atoms with Crippen LogP contribution in [0.5, 0.6) is 0 Å². The minimum absolute atomic E-state index is 0.329. The molecule has 4 heteroatoms. The zero-order valence-electron chi connectivity index (χ0n) is 12.5. The molecule has 1 saturated carbocycles. The Morgan fingerprint density at radius 1 is 1.38 bits per heavy atom. The molecule has 1 atom stereocenters. The SMILES string of the molecule is CCn1c(=O)oc2cc(C(O)CCC3CCCC3)ccc21. The van der Waals surface area contributed by atoms with Crippen LogP contribution in [0.3, 0.4) is 0 Å². The molecule has 1 unspecified atom stereocenters. The first-order valence-electron chi connectivity index (χ1n) is 8.00. The van der Waals surface area contributed by atoms with E-state index in [0.29, 0.717) is 12.1 Å². The van der Waals surface area contributed by atoms with Crippen LogP contribution in [-0.2, 0) is 6.54 Å². The molecule has 4 nitrogen and oxygen atoms in total. The molecule has 1 aliphatic rings. The summed E-state index contributed by atoms with van der Waals surface area (Å²) < 4.78 is 6.86. The van der Waals surface area contributed by atoms with Crippen molar-refractivity contribution < 1.29 is 9.52 Å². The molecule has 2 aromatic rings. The first-order valence-corrected chi connectivity index (χ1v) is 8.00. The van der Waals surface area contributed by atoms with E-state index in [1.807, 2.05) is 25.1 Å². The lowest BCUT2D eigenvalue weighted by Gasteiger charge is -2.14. The minimum Gasteiger partial charge on any atom is -0.408 e. The summed E-state index contributed by atoms with van der Waals surface area (Å²) in [5.41, 5.74) is 2.21. The Kier molecular flexibility index (Phi) is 4.15. The molecule has 1 N–H and O–H groups in total. The third-order valence-corrected chi connectivity index (χ3v) is 4.72. The van der Waals surface area contributed by atoms with Gasteiger partial charge in [0.25, 0.3) is 0 Å². The molecule has 1 heterocycles. The number of aliphatic hydroxyl groups excluding tert-OH is 1. The molecule has 1 aliphatic carbocycles. The van der Waals surface area contributed by atoms with Crippen molar-refractivity contribution in [1.82, 2.24) is 4.57 Å². The van der Waals surface area contributed by atoms with E-state index < -0.39 is 6.10 Å². The van der Waals surface area contributed by atoms with Crippen molar-refractivity contribution >= 4 is 11.1 Å². The third-order valence-electron chi connectivity index (χ3n) is 4.72. The van der Waals surface area contributed by atoms with Gasteiger partial charge in [-0.3, -0.25) is 4.57 Å². The zero-order chi connectivity index (χ0) is 14.8. The number of nitrogens with zero attached hydrogens (tertiary/aromatic N) is 1. The van der Waals surface area contributed by atoms with Crippen molar-refractivity contribution in [2.45, 2.75) is 58.1 Å². The van der Waals surface area contributed by atoms with Gasteiger partial charge >= 0.3 is 5.76 Å². The number of hydrogen-bond donors (Lipinski definition) is 1. The predicted octanol–water partition coefficient (Wildman–Crippen LogP) is 3.62. The standard InChI is InChI=1S/C17H23NO3/c1-2-18-14-9-8-13(11-16(14)21-17(18)20)15(19)10-7-12-5-3-4-6-12/h8-9,11-12,15,19H,2-7,10H2,1H3. The fourth-order valence-corrected chi connectivity index (χ4v) is 3.45. The van der Waals surface area contributed by atoms with E-state index >= 15 is 0 Å². The average Bonchev–Trinajstić information content (AvgIpc) is 3.10. The van der Waals surface area contributed by atoms with Crippen LogP contribution in [0.1, 0.15) is 57.1 Å². The summed E-state index contributed by atoms with van der Waals surface area (Å²) in [7, 11) is 0. The Hall–Kier alpha value is -1.55. The number of rotatable bonds is 5. The highest BCUT2D eigenvalue weighted by Gasteiger charge is 2.18. The van der Waals surface area contributed by atoms with Gasteiger partial charge in [-0.2, -0.15) is 0 Å². The second-order valence-corrected chi connectivity index (χ2v) is 6.08. The number of aliphatic hydroxyl groups is 1. The Labute approximate surface area is 124 Å². The summed E-state index contributed by atoms with van der Waals surface area (Å²) in [6.45, 7) is 2.51. The summed E-state index contributed by atoms with van der Waals surface area (Å²) >= 11 is 0. The lowest BCUT2D eigenvalue weighted by molar-refractivity contribution is 0.157. The second-order valence-electron chi connectivity index (χ2n) is 6.08. The first-order chi connectivity index (χ1) is 10.2. The van der Waals surface area contributed by atoms with Crippen LogP contribution >= 0.6 is 0 Å². The quantitative estimate of drug-likeness (QED) is 0.914. The highest BCUT2D eigenvalue weighted by molar-refractivity contribution is 5.73. The van der Waals surface area contributed by atoms with E-state index in [-0.39, 0.29) is 5.76 Å². The van der Waals surface area contributed by atoms with Gasteiger partial charge in [-0.05, 0) is 43.4 Å². The number of aryl methyl sites for hydroxylation is 1. The van der Waals surface area contributed by atoms with E-state index in [2.05, 4.69) is 0 Å². The number of oxazole rings is 1. The maximum atomic E-state index is 11.7. The summed E-state index contributed by atoms with van der Waals surface area (Å²) in [6, 6.07) is 5.59. The number of hydrogen-bond acceptors (Lipinski definition) is 3. The van der Waals surface area contributed by atoms with E-state index in [9.17, 15) is 9.90 Å². The van der Waals surface area contributed by atoms with Crippen LogP contribution in [0.25, 0.3) is 11.1 Å². The molecular formula is C17H23NO3. The maximum absolute atomic E-state index is 11.7. The summed E-state index contributed by atoms with van der Waals surface area (Å²) in [5.74, 6) is 0.451. The van der Waals surface area contributed by atoms with Gasteiger partial charge in [0, 0.05) is 6.54 Å². The molecule has 0 saturated heterocycles. The number of aromatic nitrogens is 1. The minimum atomic E-state index is -0.467. The Morgan fingerprint density at radius 3 is 2.86 bits per heavy atom. The van der Waals surface area contributed by atoms with Crippen molar-refractivity contribution in [3.05, 3.63) is 34.3 Å². The molecule has 114 valence electrons. The van der Waals surface area contributed by atoms with Gasteiger partial charge in [-0.1, -0.05) is 31.7 Å². The predicted molar refractivity (Wildman–Crippen MR) is 82.3 cm³/mol. The summed E-state index contributed by atoms with van der Waals surface area (Å²) in [4.78, 5) is 11.7. The Balaban J connectivity index is 1.75. The van der Waals surface area contributed by atoms with Crippen LogP contribution < -0.4 is 5.76 Å². The molecule has 0 radical (unpaired) electrons. The van der Waals surface area contributed by atoms with Gasteiger partial charge in [-0.25, -0.2) is 4.79 Å². The molecule has 0 spiro atoms. The molecule has 0 bridgehead atoms. The molecule has 1 aromatic carbocycles. The molecule has 3 rings (SSSR count). The molecule has 1 aromatic heterocycles. The summed E-state index contributed by atoms with van der Waals surface area (Å²) in [5, 5.41) is 10.3. The fraction of sp³-hybridized carbons (Fsp3) is 0.588. The first kappa shape index (κ1) is 14.4. The molecule has 1 fully saturated rings. The van der Waals surface area contributed by atoms with Crippen LogP contribution in [-0.4, -0.2) is 9.67 Å². The third kappa shape index (κ3) is 2.91. The maximum Gasteiger partial charge on any atom is 0.419 e. The van der Waals surface area contributed by atoms with Gasteiger partial charge in [-0.15, -0.1) is 0 Å². The largest absolute Gasteiger partial charge is 0.419 e. The highest BCUT2D eigenvalue weighted by atomic mass is 16.4. The van der Waals surface area contributed by atoms with E-state index in [0.717, 1.165) is 29.8 Å². The smallest absolute Gasteiger partial charge is 0.408 e. The Morgan fingerprint density at radius 2 is 2.14 bits per heavy atom. The van der Waals surface area contributed by atoms with Crippen molar-refractivity contribution in [3.8, 4) is 0 Å². The lowest BCUT2D eigenvalue weighted by Crippen LogP contribution is -2.11. The molecule has 0 aliphatic heterocycles. The van der Waals surface area contributed by atoms with E-state index in [1.54, 1.807) is 4.57 Å². The number of benzene rings is 1. The van der Waals surface area contributed by atoms with Crippen LogP contribution in [0.2, 0.25) is 0 Å². The zero-order valence-corrected chi connectivity index (χ0v) is 12.5. The highest BCUT2D eigenvalue weighted by Crippen LogP contribution is 2.32. The second kappa shape index (κ2) is 6.06. The fourth-order valence-electron chi connectivity index (χ4n) is 3.45. The molecular weight excluding hydrogens is 266 g/mol. The van der Waals surface area contributed by atoms with Crippen LogP contribution in [0, 0.1) is 5.92 Å². The Bertz CT molecular complexity index is 664. The average molecular weight is 289 g/mol. The summed E-state index contributed by atoms with van der Waals surface area (Å²) in [6.07, 6.45) is 6.68. The van der Waals surface area contributed by atoms with Crippen molar-refractivity contribution in [2.75, 3.05) is 0 Å². The van der Waals surface area contributed by atoms with Gasteiger partial charge in [0.15, 0.2) is 5.58 Å².